The van der Waals surface area contributed by atoms with Crippen LogP contribution in [0.3, 0.4) is 0 Å². The Hall–Kier alpha value is -0.340. The molecule has 0 atom stereocenters. The van der Waals surface area contributed by atoms with Gasteiger partial charge in [0.05, 0.1) is 12.5 Å². The molecule has 0 heterocycles. The minimum atomic E-state index is -5.12. The van der Waals surface area contributed by atoms with E-state index >= 15 is 0 Å². The molecule has 0 fully saturated rings. The Morgan fingerprint density at radius 3 is 1.19 bits per heavy atom. The molecule has 0 unspecified atom stereocenters. The van der Waals surface area contributed by atoms with Crippen molar-refractivity contribution < 1.29 is 30.6 Å². The van der Waals surface area contributed by atoms with Gasteiger partial charge in [0.25, 0.3) is 0 Å². The quantitative estimate of drug-likeness (QED) is 0.594. The van der Waals surface area contributed by atoms with E-state index in [1.54, 1.807) is 0 Å². The summed E-state index contributed by atoms with van der Waals surface area (Å²) in [5, 5.41) is 4.33. The molecular weight excluding hydrogens is 349 g/mol. The summed E-state index contributed by atoms with van der Waals surface area (Å²) >= 11 is 0. The number of hydrogen-bond acceptors (Lipinski definition) is 7. The lowest BCUT2D eigenvalue weighted by atomic mass is 10.5. The molecule has 0 spiro atoms. The average Bonchev–Trinajstić information content (AvgIpc) is 2.12. The minimum absolute atomic E-state index is 0. The van der Waals surface area contributed by atoms with E-state index in [1.807, 2.05) is 0 Å². The van der Waals surface area contributed by atoms with Crippen molar-refractivity contribution in [2.24, 2.45) is 5.14 Å². The maximum Gasteiger partial charge on any atom is 1.00 e. The highest BCUT2D eigenvalue weighted by atomic mass is 32.3. The molecule has 13 heteroatoms. The van der Waals surface area contributed by atoms with Gasteiger partial charge in [-0.1, -0.05) is 28.8 Å². The van der Waals surface area contributed by atoms with E-state index in [4.69, 9.17) is 0 Å². The lowest BCUT2D eigenvalue weighted by molar-refractivity contribution is 0.321. The van der Waals surface area contributed by atoms with Crippen LogP contribution in [0.5, 0.6) is 0 Å². The van der Waals surface area contributed by atoms with Crippen LogP contribution in [0.15, 0.2) is 0 Å². The van der Waals surface area contributed by atoms with Crippen LogP contribution < -0.4 is 9.27 Å². The van der Waals surface area contributed by atoms with Gasteiger partial charge < -0.3 is 4.90 Å². The van der Waals surface area contributed by atoms with E-state index in [0.717, 1.165) is 10.4 Å². The van der Waals surface area contributed by atoms with Crippen molar-refractivity contribution in [2.75, 3.05) is 32.1 Å². The highest BCUT2D eigenvalue weighted by Crippen LogP contribution is 1.85. The predicted octanol–water partition coefficient (Wildman–Crippen LogP) is -0.885. The van der Waals surface area contributed by atoms with E-state index in [2.05, 4.69) is 30.8 Å². The Morgan fingerprint density at radius 2 is 1.19 bits per heavy atom. The first-order valence-corrected chi connectivity index (χ1v) is 10.9. The lowest BCUT2D eigenvalue weighted by Gasteiger charge is -2.13. The molecular formula is C8H25FN3O6S3+. The van der Waals surface area contributed by atoms with Crippen LogP contribution in [-0.2, 0) is 30.5 Å². The van der Waals surface area contributed by atoms with E-state index in [1.165, 1.54) is 19.6 Å². The molecule has 9 nitrogen and oxygen atoms in total. The number of nitrogens with zero attached hydrogens (tertiary/aromatic N) is 1. The smallest absolute Gasteiger partial charge is 0.304 e. The van der Waals surface area contributed by atoms with Crippen LogP contribution in [0.2, 0.25) is 0 Å². The van der Waals surface area contributed by atoms with Crippen molar-refractivity contribution in [3.63, 3.8) is 0 Å². The number of nitrogens with one attached hydrogen (secondary N) is 1. The molecule has 0 saturated heterocycles. The Morgan fingerprint density at radius 1 is 0.952 bits per heavy atom. The van der Waals surface area contributed by atoms with Crippen LogP contribution in [-0.4, -0.2) is 62.3 Å². The Labute approximate surface area is 128 Å². The number of nitrogens with two attached hydrogens (primary N) is 1. The van der Waals surface area contributed by atoms with Crippen LogP contribution in [0, 0.1) is 0 Å². The van der Waals surface area contributed by atoms with Gasteiger partial charge in [-0.05, 0) is 19.6 Å². The second-order valence-corrected chi connectivity index (χ2v) is 8.49. The van der Waals surface area contributed by atoms with Crippen molar-refractivity contribution in [1.29, 1.82) is 0 Å². The fraction of sp³-hybridized carbons (Fsp3) is 1.00. The summed E-state index contributed by atoms with van der Waals surface area (Å²) in [6.07, 6.45) is 1.47. The molecule has 0 bridgehead atoms. The molecule has 21 heavy (non-hydrogen) atoms. The van der Waals surface area contributed by atoms with Crippen LogP contribution in [0.25, 0.3) is 0 Å². The molecule has 0 aliphatic carbocycles. The molecule has 0 aromatic carbocycles. The molecule has 0 aromatic rings. The maximum atomic E-state index is 11.4. The van der Waals surface area contributed by atoms with E-state index in [0.29, 0.717) is 6.26 Å². The Balaban J connectivity index is -0.000000113. The van der Waals surface area contributed by atoms with Gasteiger partial charge in [0.1, 0.15) is 0 Å². The topological polar surface area (TPSA) is 144 Å². The molecule has 0 rings (SSSR count). The van der Waals surface area contributed by atoms with Crippen molar-refractivity contribution in [1.82, 2.24) is 9.03 Å². The van der Waals surface area contributed by atoms with Crippen molar-refractivity contribution in [3.05, 3.63) is 0 Å². The summed E-state index contributed by atoms with van der Waals surface area (Å²) < 4.78 is 69.7. The molecule has 0 aliphatic heterocycles. The van der Waals surface area contributed by atoms with Gasteiger partial charge in [-0.3, -0.25) is 0 Å². The lowest BCUT2D eigenvalue weighted by Crippen LogP contribution is -2.25. The summed E-state index contributed by atoms with van der Waals surface area (Å²) in [6.45, 7) is 10.1. The number of primary sulfonamides is 1. The molecule has 0 amide bonds. The summed E-state index contributed by atoms with van der Waals surface area (Å²) in [6, 6.07) is 0. The van der Waals surface area contributed by atoms with Gasteiger partial charge in [-0.25, -0.2) is 22.0 Å². The van der Waals surface area contributed by atoms with E-state index in [9.17, 15) is 29.1 Å². The average molecular weight is 375 g/mol. The predicted molar refractivity (Wildman–Crippen MR) is 81.6 cm³/mol. The monoisotopic (exact) mass is 374 g/mol. The zero-order chi connectivity index (χ0) is 17.9. The minimum Gasteiger partial charge on any atom is -0.304 e. The highest BCUT2D eigenvalue weighted by molar-refractivity contribution is 8.02. The molecule has 132 valence electrons. The molecule has 3 N–H and O–H groups in total. The highest BCUT2D eigenvalue weighted by Gasteiger charge is 2.12. The zero-order valence-corrected chi connectivity index (χ0v) is 15.1. The van der Waals surface area contributed by atoms with Crippen LogP contribution >= 0.6 is 0 Å². The number of halogens is 1. The SMILES string of the molecule is CCN(CC)CC.CS(=O)(=O)NS(=O)(=O)F.CS(N)(=O)=O.[H+]. The first-order chi connectivity index (χ1) is 9.05. The van der Waals surface area contributed by atoms with Crippen molar-refractivity contribution in [3.8, 4) is 0 Å². The Kier molecular flexibility index (Phi) is 13.7. The third-order valence-corrected chi connectivity index (χ3v) is 3.60. The second kappa shape index (κ2) is 11.3. The van der Waals surface area contributed by atoms with E-state index in [-0.39, 0.29) is 1.43 Å². The van der Waals surface area contributed by atoms with Crippen LogP contribution in [0.1, 0.15) is 22.2 Å². The first kappa shape index (κ1) is 25.6. The summed E-state index contributed by atoms with van der Waals surface area (Å²) in [7, 11) is -12.3. The fourth-order valence-electron chi connectivity index (χ4n) is 0.852. The fourth-order valence-corrected chi connectivity index (χ4v) is 2.30. The van der Waals surface area contributed by atoms with Gasteiger partial charge in [0.15, 0.2) is 0 Å². The molecule has 0 saturated carbocycles. The number of rotatable bonds is 5. The second-order valence-electron chi connectivity index (χ2n) is 3.74. The molecule has 0 aliphatic rings. The van der Waals surface area contributed by atoms with Crippen molar-refractivity contribution >= 4 is 30.5 Å². The number of sulfonamides is 2. The third-order valence-electron chi connectivity index (χ3n) is 1.59. The third kappa shape index (κ3) is 45.1. The van der Waals surface area contributed by atoms with Gasteiger partial charge in [-0.15, -0.1) is 0 Å². The standard InChI is InChI=1S/C6H15N.CH4FNO4S2.CH5NO2S/c1-4-7(5-2)6-3;1-8(4,5)3-9(2,6)7;1-5(2,3)4/h4-6H2,1-3H3;3H,1H3;1H3,(H2,2,3,4)/p+1. The van der Waals surface area contributed by atoms with Gasteiger partial charge >= 0.3 is 11.8 Å². The normalized spacial score (nSPS) is 12.0. The van der Waals surface area contributed by atoms with Crippen LogP contribution in [0.4, 0.5) is 3.89 Å². The number of hydrogen-bond donors (Lipinski definition) is 2. The summed E-state index contributed by atoms with van der Waals surface area (Å²) in [5.74, 6) is 0. The largest absolute Gasteiger partial charge is 1.00 e. The van der Waals surface area contributed by atoms with Gasteiger partial charge in [0, 0.05) is 0 Å². The zero-order valence-electron chi connectivity index (χ0n) is 13.7. The first-order valence-electron chi connectivity index (χ1n) is 5.68. The molecule has 0 radical (unpaired) electrons. The van der Waals surface area contributed by atoms with E-state index < -0.39 is 30.5 Å². The van der Waals surface area contributed by atoms with Gasteiger partial charge in [-0.2, -0.15) is 8.42 Å². The van der Waals surface area contributed by atoms with Crippen molar-refractivity contribution in [2.45, 2.75) is 20.8 Å². The maximum absolute atomic E-state index is 11.4. The Bertz CT molecular complexity index is 516. The van der Waals surface area contributed by atoms with Gasteiger partial charge in [0.2, 0.25) is 20.0 Å². The summed E-state index contributed by atoms with van der Waals surface area (Å²) in [4.78, 5) is 2.38. The summed E-state index contributed by atoms with van der Waals surface area (Å²) in [5.41, 5.74) is 0. The molecule has 0 aromatic heterocycles.